The van der Waals surface area contributed by atoms with Gasteiger partial charge in [-0.2, -0.15) is 5.26 Å². The van der Waals surface area contributed by atoms with E-state index in [2.05, 4.69) is 21.4 Å². The minimum atomic E-state index is -0.704. The number of nitrogen functional groups attached to an aromatic ring is 1. The molecule has 1 aliphatic rings. The van der Waals surface area contributed by atoms with Crippen LogP contribution in [-0.2, 0) is 4.74 Å². The van der Waals surface area contributed by atoms with Gasteiger partial charge in [-0.15, -0.1) is 11.8 Å². The van der Waals surface area contributed by atoms with Gasteiger partial charge in [0.05, 0.1) is 23.9 Å². The van der Waals surface area contributed by atoms with Crippen molar-refractivity contribution >= 4 is 51.7 Å². The molecule has 172 valence electrons. The fourth-order valence-electron chi connectivity index (χ4n) is 3.72. The van der Waals surface area contributed by atoms with Gasteiger partial charge >= 0.3 is 6.09 Å². The van der Waals surface area contributed by atoms with Gasteiger partial charge in [-0.3, -0.25) is 0 Å². The lowest BCUT2D eigenvalue weighted by atomic mass is 9.95. The van der Waals surface area contributed by atoms with Crippen LogP contribution in [0.25, 0.3) is 10.9 Å². The number of likely N-dealkylation sites (tertiary alicyclic amines) is 1. The molecule has 1 aliphatic heterocycles. The van der Waals surface area contributed by atoms with Gasteiger partial charge in [-0.05, 0) is 39.9 Å². The molecule has 0 saturated carbocycles. The van der Waals surface area contributed by atoms with E-state index in [1.807, 2.05) is 0 Å². The fraction of sp³-hybridized carbons (Fsp3) is 0.524. The number of ether oxygens (including phenoxy) is 1. The highest BCUT2D eigenvalue weighted by atomic mass is 35.5. The van der Waals surface area contributed by atoms with E-state index < -0.39 is 17.5 Å². The molecule has 8 nitrogen and oxygen atoms in total. The molecular weight excluding hydrogens is 455 g/mol. The van der Waals surface area contributed by atoms with Crippen molar-refractivity contribution in [3.63, 3.8) is 0 Å². The van der Waals surface area contributed by atoms with Crippen LogP contribution < -0.4 is 11.1 Å². The van der Waals surface area contributed by atoms with Gasteiger partial charge < -0.3 is 20.7 Å². The van der Waals surface area contributed by atoms with Gasteiger partial charge in [-0.1, -0.05) is 11.6 Å². The lowest BCUT2D eigenvalue weighted by Gasteiger charge is -2.39. The molecule has 32 heavy (non-hydrogen) atoms. The molecule has 0 aromatic carbocycles. The lowest BCUT2D eigenvalue weighted by molar-refractivity contribution is 0.00954. The monoisotopic (exact) mass is 480 g/mol. The summed E-state index contributed by atoms with van der Waals surface area (Å²) in [6.07, 6.45) is 4.09. The summed E-state index contributed by atoms with van der Waals surface area (Å²) in [4.78, 5) is 22.4. The Morgan fingerprint density at radius 3 is 2.88 bits per heavy atom. The van der Waals surface area contributed by atoms with Gasteiger partial charge in [0.25, 0.3) is 0 Å². The summed E-state index contributed by atoms with van der Waals surface area (Å²) in [5.74, 6) is -0.704. The number of nitrogens with two attached hydrogens (primary N) is 1. The van der Waals surface area contributed by atoms with Gasteiger partial charge in [0.1, 0.15) is 16.1 Å². The number of nitrogens with one attached hydrogen (secondary N) is 1. The van der Waals surface area contributed by atoms with E-state index in [-0.39, 0.29) is 29.2 Å². The van der Waals surface area contributed by atoms with E-state index in [1.165, 1.54) is 18.0 Å². The minimum absolute atomic E-state index is 0.0887. The van der Waals surface area contributed by atoms with Crippen molar-refractivity contribution < 1.29 is 13.9 Å². The number of hydrogen-bond acceptors (Lipinski definition) is 8. The second-order valence-electron chi connectivity index (χ2n) is 8.59. The molecule has 3 rings (SSSR count). The smallest absolute Gasteiger partial charge is 0.410 e. The van der Waals surface area contributed by atoms with Crippen molar-refractivity contribution in [1.29, 1.82) is 5.26 Å². The molecule has 2 aromatic rings. The Labute approximate surface area is 195 Å². The topological polar surface area (TPSA) is 117 Å². The van der Waals surface area contributed by atoms with Crippen molar-refractivity contribution in [2.75, 3.05) is 23.9 Å². The SMILES string of the molecule is CSc1nc2c(F)c(Cl)ncc2c(N[C@H]2CCN(C(=O)OC(C)(C)C)[C@@H](CC#N)C2)c1N. The molecule has 11 heteroatoms. The summed E-state index contributed by atoms with van der Waals surface area (Å²) < 4.78 is 20.1. The Hall–Kier alpha value is -2.51. The van der Waals surface area contributed by atoms with Gasteiger partial charge in [0.15, 0.2) is 11.0 Å². The molecule has 0 bridgehead atoms. The van der Waals surface area contributed by atoms with E-state index in [9.17, 15) is 14.4 Å². The van der Waals surface area contributed by atoms with Gasteiger partial charge in [0.2, 0.25) is 0 Å². The number of anilines is 2. The maximum absolute atomic E-state index is 14.6. The van der Waals surface area contributed by atoms with E-state index in [0.717, 1.165) is 0 Å². The molecule has 0 aliphatic carbocycles. The highest BCUT2D eigenvalue weighted by Crippen LogP contribution is 2.38. The number of aromatic nitrogens is 2. The predicted octanol–water partition coefficient (Wildman–Crippen LogP) is 4.82. The molecule has 0 unspecified atom stereocenters. The minimum Gasteiger partial charge on any atom is -0.444 e. The van der Waals surface area contributed by atoms with Crippen LogP contribution >= 0.6 is 23.4 Å². The predicted molar refractivity (Wildman–Crippen MR) is 124 cm³/mol. The number of pyridine rings is 2. The van der Waals surface area contributed by atoms with Crippen LogP contribution in [0.1, 0.15) is 40.0 Å². The zero-order valence-corrected chi connectivity index (χ0v) is 20.0. The van der Waals surface area contributed by atoms with Crippen molar-refractivity contribution in [1.82, 2.24) is 14.9 Å². The Bertz CT molecular complexity index is 1070. The molecule has 0 radical (unpaired) electrons. The molecule has 3 heterocycles. The van der Waals surface area contributed by atoms with Gasteiger partial charge in [0, 0.05) is 30.2 Å². The van der Waals surface area contributed by atoms with Crippen LogP contribution in [0.3, 0.4) is 0 Å². The van der Waals surface area contributed by atoms with Gasteiger partial charge in [-0.25, -0.2) is 19.2 Å². The largest absolute Gasteiger partial charge is 0.444 e. The Balaban J connectivity index is 1.90. The summed E-state index contributed by atoms with van der Waals surface area (Å²) >= 11 is 7.15. The highest BCUT2D eigenvalue weighted by molar-refractivity contribution is 7.98. The first-order valence-corrected chi connectivity index (χ1v) is 11.8. The number of nitrogens with zero attached hydrogens (tertiary/aromatic N) is 4. The quantitative estimate of drug-likeness (QED) is 0.472. The van der Waals surface area contributed by atoms with Crippen LogP contribution in [0, 0.1) is 17.1 Å². The maximum Gasteiger partial charge on any atom is 0.410 e. The molecule has 1 fully saturated rings. The molecule has 2 aromatic heterocycles. The maximum atomic E-state index is 14.6. The number of thioether (sulfide) groups is 1. The van der Waals surface area contributed by atoms with Crippen LogP contribution in [0.5, 0.6) is 0 Å². The molecule has 1 saturated heterocycles. The summed E-state index contributed by atoms with van der Waals surface area (Å²) in [6.45, 7) is 5.82. The van der Waals surface area contributed by atoms with E-state index in [0.29, 0.717) is 41.2 Å². The van der Waals surface area contributed by atoms with E-state index >= 15 is 0 Å². The average Bonchev–Trinajstić information content (AvgIpc) is 2.71. The third-order valence-corrected chi connectivity index (χ3v) is 6.11. The number of fused-ring (bicyclic) bond motifs is 1. The van der Waals surface area contributed by atoms with Crippen molar-refractivity contribution in [2.24, 2.45) is 0 Å². The van der Waals surface area contributed by atoms with Crippen LogP contribution in [0.2, 0.25) is 5.15 Å². The third kappa shape index (κ3) is 5.10. The number of rotatable bonds is 4. The number of carbonyl (C=O) groups is 1. The zero-order chi connectivity index (χ0) is 23.6. The normalized spacial score (nSPS) is 19.0. The Kier molecular flexibility index (Phi) is 7.20. The highest BCUT2D eigenvalue weighted by Gasteiger charge is 2.34. The number of piperidine rings is 1. The Morgan fingerprint density at radius 1 is 1.53 bits per heavy atom. The Morgan fingerprint density at radius 2 is 2.25 bits per heavy atom. The van der Waals surface area contributed by atoms with Crippen LogP contribution in [0.15, 0.2) is 11.2 Å². The molecule has 0 spiro atoms. The van der Waals surface area contributed by atoms with Crippen molar-refractivity contribution in [3.8, 4) is 6.07 Å². The molecule has 3 N–H and O–H groups in total. The zero-order valence-electron chi connectivity index (χ0n) is 18.4. The third-order valence-electron chi connectivity index (χ3n) is 5.15. The second kappa shape index (κ2) is 9.55. The summed E-state index contributed by atoms with van der Waals surface area (Å²) in [7, 11) is 0. The summed E-state index contributed by atoms with van der Waals surface area (Å²) in [6, 6.07) is 1.73. The first-order chi connectivity index (χ1) is 15.1. The second-order valence-corrected chi connectivity index (χ2v) is 9.74. The number of halogens is 2. The molecule has 1 amide bonds. The summed E-state index contributed by atoms with van der Waals surface area (Å²) in [5, 5.41) is 13.3. The first-order valence-electron chi connectivity index (χ1n) is 10.2. The van der Waals surface area contributed by atoms with Crippen LogP contribution in [0.4, 0.5) is 20.6 Å². The summed E-state index contributed by atoms with van der Waals surface area (Å²) in [5.41, 5.74) is 6.71. The van der Waals surface area contributed by atoms with Crippen molar-refractivity contribution in [3.05, 3.63) is 17.2 Å². The number of amides is 1. The molecular formula is C21H26ClFN6O2S. The number of carbonyl (C=O) groups excluding carboxylic acids is 1. The number of nitriles is 1. The first kappa shape index (κ1) is 24.1. The van der Waals surface area contributed by atoms with Crippen molar-refractivity contribution in [2.45, 2.75) is 62.7 Å². The molecule has 2 atom stereocenters. The lowest BCUT2D eigenvalue weighted by Crippen LogP contribution is -2.50. The standard InChI is InChI=1S/C21H26ClFN6O2S/c1-21(2,3)31-20(30)29-8-6-11(9-12(29)5-7-24)27-17-13-10-26-18(22)14(23)16(13)28-19(32-4)15(17)25/h10-12H,5-6,8-9,25H2,1-4H3,(H,27,28)/t11-,12-/m0/s1. The van der Waals surface area contributed by atoms with Crippen LogP contribution in [-0.4, -0.2) is 51.4 Å². The number of hydrogen-bond donors (Lipinski definition) is 2. The average molecular weight is 481 g/mol. The van der Waals surface area contributed by atoms with E-state index in [4.69, 9.17) is 22.1 Å². The van der Waals surface area contributed by atoms with E-state index in [1.54, 1.807) is 31.9 Å². The fourth-order valence-corrected chi connectivity index (χ4v) is 4.36.